The van der Waals surface area contributed by atoms with Crippen molar-refractivity contribution in [3.05, 3.63) is 66.5 Å². The molecule has 2 N–H and O–H groups in total. The van der Waals surface area contributed by atoms with Crippen LogP contribution in [0.3, 0.4) is 0 Å². The summed E-state index contributed by atoms with van der Waals surface area (Å²) in [6, 6.07) is 14.6. The summed E-state index contributed by atoms with van der Waals surface area (Å²) >= 11 is 0. The van der Waals surface area contributed by atoms with E-state index in [0.717, 1.165) is 11.4 Å². The van der Waals surface area contributed by atoms with Gasteiger partial charge < -0.3 is 19.8 Å². The highest BCUT2D eigenvalue weighted by atomic mass is 16.5. The molecule has 1 amide bonds. The number of nitrogens with one attached hydrogen (secondary N) is 2. The van der Waals surface area contributed by atoms with Crippen molar-refractivity contribution in [3.63, 3.8) is 0 Å². The monoisotopic (exact) mass is 351 g/mol. The number of para-hydroxylation sites is 2. The van der Waals surface area contributed by atoms with Gasteiger partial charge >= 0.3 is 0 Å². The van der Waals surface area contributed by atoms with E-state index in [4.69, 9.17) is 9.47 Å². The van der Waals surface area contributed by atoms with E-state index in [-0.39, 0.29) is 11.9 Å². The van der Waals surface area contributed by atoms with Crippen molar-refractivity contribution in [2.75, 3.05) is 13.7 Å². The number of amides is 1. The molecule has 3 rings (SSSR count). The van der Waals surface area contributed by atoms with Gasteiger partial charge in [-0.25, -0.2) is 4.98 Å². The fourth-order valence-corrected chi connectivity index (χ4v) is 2.53. The van der Waals surface area contributed by atoms with Crippen molar-refractivity contribution < 1.29 is 14.3 Å². The molecule has 0 aliphatic rings. The number of rotatable bonds is 7. The molecule has 0 aliphatic carbocycles. The molecular weight excluding hydrogens is 330 g/mol. The zero-order valence-electron chi connectivity index (χ0n) is 14.7. The van der Waals surface area contributed by atoms with Crippen LogP contribution in [0, 0.1) is 0 Å². The van der Waals surface area contributed by atoms with Crippen LogP contribution >= 0.6 is 0 Å². The molecule has 1 heterocycles. The third kappa shape index (κ3) is 4.22. The average Bonchev–Trinajstić information content (AvgIpc) is 3.21. The molecule has 26 heavy (non-hydrogen) atoms. The van der Waals surface area contributed by atoms with E-state index in [0.29, 0.717) is 23.7 Å². The predicted octanol–water partition coefficient (Wildman–Crippen LogP) is 3.28. The van der Waals surface area contributed by atoms with Gasteiger partial charge in [0.05, 0.1) is 13.2 Å². The molecular formula is C20H21N3O3. The highest BCUT2D eigenvalue weighted by molar-refractivity contribution is 5.95. The molecule has 0 saturated heterocycles. The van der Waals surface area contributed by atoms with E-state index < -0.39 is 0 Å². The number of hydrogen-bond acceptors (Lipinski definition) is 4. The van der Waals surface area contributed by atoms with E-state index in [1.807, 2.05) is 49.4 Å². The molecule has 0 fully saturated rings. The molecule has 6 heteroatoms. The summed E-state index contributed by atoms with van der Waals surface area (Å²) in [5.74, 6) is 1.88. The van der Waals surface area contributed by atoms with Crippen LogP contribution < -0.4 is 14.8 Å². The van der Waals surface area contributed by atoms with E-state index in [1.54, 1.807) is 25.6 Å². The molecule has 134 valence electrons. The molecule has 3 aromatic rings. The summed E-state index contributed by atoms with van der Waals surface area (Å²) in [4.78, 5) is 19.7. The van der Waals surface area contributed by atoms with Crippen molar-refractivity contribution >= 4 is 5.91 Å². The maximum absolute atomic E-state index is 12.5. The molecule has 1 unspecified atom stereocenters. The molecule has 0 bridgehead atoms. The van der Waals surface area contributed by atoms with Crippen LogP contribution in [0.25, 0.3) is 11.4 Å². The smallest absolute Gasteiger partial charge is 0.251 e. The molecule has 2 aromatic carbocycles. The van der Waals surface area contributed by atoms with Crippen LogP contribution in [0.5, 0.6) is 11.5 Å². The minimum atomic E-state index is -0.167. The number of nitrogens with zero attached hydrogens (tertiary/aromatic N) is 1. The van der Waals surface area contributed by atoms with Gasteiger partial charge in [0, 0.05) is 23.5 Å². The number of aromatic nitrogens is 2. The quantitative estimate of drug-likeness (QED) is 0.685. The van der Waals surface area contributed by atoms with Crippen LogP contribution in [-0.2, 0) is 0 Å². The first-order valence-electron chi connectivity index (χ1n) is 8.34. The number of H-pyrrole nitrogens is 1. The van der Waals surface area contributed by atoms with Gasteiger partial charge in [-0.3, -0.25) is 4.79 Å². The number of benzene rings is 2. The molecule has 0 radical (unpaired) electrons. The summed E-state index contributed by atoms with van der Waals surface area (Å²) < 4.78 is 11.0. The molecule has 0 aliphatic heterocycles. The van der Waals surface area contributed by atoms with Gasteiger partial charge in [-0.15, -0.1) is 0 Å². The summed E-state index contributed by atoms with van der Waals surface area (Å²) in [7, 11) is 1.60. The number of carbonyl (C=O) groups is 1. The Morgan fingerprint density at radius 1 is 1.19 bits per heavy atom. The first kappa shape index (κ1) is 17.5. The second kappa shape index (κ2) is 8.20. The Bertz CT molecular complexity index is 862. The lowest BCUT2D eigenvalue weighted by Crippen LogP contribution is -2.36. The van der Waals surface area contributed by atoms with E-state index in [1.165, 1.54) is 0 Å². The number of methoxy groups -OCH3 is 1. The largest absolute Gasteiger partial charge is 0.493 e. The number of carbonyl (C=O) groups excluding carboxylic acids is 1. The van der Waals surface area contributed by atoms with Gasteiger partial charge in [0.2, 0.25) is 0 Å². The minimum Gasteiger partial charge on any atom is -0.493 e. The Morgan fingerprint density at radius 2 is 2.00 bits per heavy atom. The molecule has 0 spiro atoms. The van der Waals surface area contributed by atoms with Crippen LogP contribution in [0.15, 0.2) is 60.9 Å². The summed E-state index contributed by atoms with van der Waals surface area (Å²) in [5, 5.41) is 2.94. The van der Waals surface area contributed by atoms with Crippen LogP contribution in [0.2, 0.25) is 0 Å². The fraction of sp³-hybridized carbons (Fsp3) is 0.200. The molecule has 0 saturated carbocycles. The average molecular weight is 351 g/mol. The highest BCUT2D eigenvalue weighted by Gasteiger charge is 2.13. The van der Waals surface area contributed by atoms with E-state index >= 15 is 0 Å². The van der Waals surface area contributed by atoms with Crippen molar-refractivity contribution in [2.24, 2.45) is 0 Å². The second-order valence-corrected chi connectivity index (χ2v) is 5.85. The Labute approximate surface area is 152 Å². The third-order valence-corrected chi connectivity index (χ3v) is 3.83. The third-order valence-electron chi connectivity index (χ3n) is 3.83. The van der Waals surface area contributed by atoms with Gasteiger partial charge in [-0.1, -0.05) is 24.3 Å². The molecule has 1 atom stereocenters. The lowest BCUT2D eigenvalue weighted by Gasteiger charge is -2.16. The topological polar surface area (TPSA) is 76.2 Å². The van der Waals surface area contributed by atoms with Gasteiger partial charge in [0.1, 0.15) is 12.4 Å². The van der Waals surface area contributed by atoms with Gasteiger partial charge in [0.15, 0.2) is 11.5 Å². The van der Waals surface area contributed by atoms with Crippen LogP contribution in [-0.4, -0.2) is 35.6 Å². The minimum absolute atomic E-state index is 0.158. The normalized spacial score (nSPS) is 11.6. The number of aromatic amines is 1. The van der Waals surface area contributed by atoms with Gasteiger partial charge in [0.25, 0.3) is 5.91 Å². The highest BCUT2D eigenvalue weighted by Crippen LogP contribution is 2.25. The summed E-state index contributed by atoms with van der Waals surface area (Å²) in [6.45, 7) is 2.23. The summed E-state index contributed by atoms with van der Waals surface area (Å²) in [6.07, 6.45) is 3.43. The summed E-state index contributed by atoms with van der Waals surface area (Å²) in [5.41, 5.74) is 1.43. The van der Waals surface area contributed by atoms with Crippen molar-refractivity contribution in [3.8, 4) is 22.9 Å². The number of imidazole rings is 1. The first-order valence-corrected chi connectivity index (χ1v) is 8.34. The first-order chi connectivity index (χ1) is 12.7. The van der Waals surface area contributed by atoms with Crippen LogP contribution in [0.4, 0.5) is 0 Å². The van der Waals surface area contributed by atoms with E-state index in [2.05, 4.69) is 15.3 Å². The van der Waals surface area contributed by atoms with Gasteiger partial charge in [-0.2, -0.15) is 0 Å². The second-order valence-electron chi connectivity index (χ2n) is 5.85. The Balaban J connectivity index is 1.60. The maximum atomic E-state index is 12.5. The van der Waals surface area contributed by atoms with E-state index in [9.17, 15) is 4.79 Å². The zero-order chi connectivity index (χ0) is 18.4. The lowest BCUT2D eigenvalue weighted by molar-refractivity contribution is 0.0926. The van der Waals surface area contributed by atoms with Crippen molar-refractivity contribution in [1.82, 2.24) is 15.3 Å². The number of hydrogen-bond donors (Lipinski definition) is 2. The fourth-order valence-electron chi connectivity index (χ4n) is 2.53. The van der Waals surface area contributed by atoms with Crippen molar-refractivity contribution in [2.45, 2.75) is 13.0 Å². The SMILES string of the molecule is COc1ccccc1OCC(C)NC(=O)c1cccc(-c2ncc[nH]2)c1. The van der Waals surface area contributed by atoms with Gasteiger partial charge in [-0.05, 0) is 31.2 Å². The zero-order valence-corrected chi connectivity index (χ0v) is 14.7. The standard InChI is InChI=1S/C20H21N3O3/c1-14(13-26-18-9-4-3-8-17(18)25-2)23-20(24)16-7-5-6-15(12-16)19-21-10-11-22-19/h3-12,14H,13H2,1-2H3,(H,21,22)(H,23,24). The Kier molecular flexibility index (Phi) is 5.53. The van der Waals surface area contributed by atoms with Crippen molar-refractivity contribution in [1.29, 1.82) is 0 Å². The predicted molar refractivity (Wildman–Crippen MR) is 99.4 cm³/mol. The van der Waals surface area contributed by atoms with Crippen LogP contribution in [0.1, 0.15) is 17.3 Å². The molecule has 1 aromatic heterocycles. The lowest BCUT2D eigenvalue weighted by atomic mass is 10.1. The maximum Gasteiger partial charge on any atom is 0.251 e. The Hall–Kier alpha value is -3.28. The molecule has 6 nitrogen and oxygen atoms in total. The number of ether oxygens (including phenoxy) is 2. The Morgan fingerprint density at radius 3 is 2.73 bits per heavy atom.